The zero-order chi connectivity index (χ0) is 20.1. The molecule has 0 N–H and O–H groups in total. The van der Waals surface area contributed by atoms with Crippen LogP contribution in [0.3, 0.4) is 0 Å². The molecular formula is C22H29N3O3. The zero-order valence-electron chi connectivity index (χ0n) is 17.1. The van der Waals surface area contributed by atoms with Crippen LogP contribution in [0.1, 0.15) is 18.1 Å². The van der Waals surface area contributed by atoms with E-state index in [1.807, 2.05) is 39.3 Å². The summed E-state index contributed by atoms with van der Waals surface area (Å²) in [6, 6.07) is 14.2. The number of benzene rings is 2. The van der Waals surface area contributed by atoms with Gasteiger partial charge in [-0.05, 0) is 41.9 Å². The van der Waals surface area contributed by atoms with E-state index in [9.17, 15) is 4.79 Å². The molecular weight excluding hydrogens is 354 g/mol. The summed E-state index contributed by atoms with van der Waals surface area (Å²) < 4.78 is 10.8. The molecule has 2 aromatic rings. The first-order valence-corrected chi connectivity index (χ1v) is 9.57. The van der Waals surface area contributed by atoms with Gasteiger partial charge < -0.3 is 19.3 Å². The normalized spacial score (nSPS) is 12.3. The van der Waals surface area contributed by atoms with Gasteiger partial charge >= 0.3 is 0 Å². The molecule has 2 aromatic carbocycles. The van der Waals surface area contributed by atoms with Gasteiger partial charge in [-0.2, -0.15) is 0 Å². The smallest absolute Gasteiger partial charge is 0.236 e. The van der Waals surface area contributed by atoms with Crippen molar-refractivity contribution in [2.24, 2.45) is 0 Å². The Morgan fingerprint density at radius 2 is 1.61 bits per heavy atom. The van der Waals surface area contributed by atoms with Gasteiger partial charge in [-0.3, -0.25) is 9.69 Å². The Kier molecular flexibility index (Phi) is 6.41. The standard InChI is InChI=1S/C22H29N3O3/c1-5-25(14-18-8-11-20-21(12-18)28-16-27-20)15-22(26)24(4)13-17-6-9-19(10-7-17)23(2)3/h6-12H,5,13-16H2,1-4H3. The Labute approximate surface area is 167 Å². The van der Waals surface area contributed by atoms with Crippen molar-refractivity contribution >= 4 is 11.6 Å². The van der Waals surface area contributed by atoms with Crippen LogP contribution in [0.25, 0.3) is 0 Å². The fourth-order valence-corrected chi connectivity index (χ4v) is 3.15. The first-order valence-electron chi connectivity index (χ1n) is 9.57. The van der Waals surface area contributed by atoms with Gasteiger partial charge in [0.25, 0.3) is 0 Å². The van der Waals surface area contributed by atoms with Crippen LogP contribution in [-0.4, -0.2) is 56.7 Å². The molecule has 6 heteroatoms. The highest BCUT2D eigenvalue weighted by Crippen LogP contribution is 2.32. The number of anilines is 1. The summed E-state index contributed by atoms with van der Waals surface area (Å²) in [6.45, 7) is 4.83. The molecule has 0 aromatic heterocycles. The lowest BCUT2D eigenvalue weighted by Crippen LogP contribution is -2.37. The highest BCUT2D eigenvalue weighted by atomic mass is 16.7. The monoisotopic (exact) mass is 383 g/mol. The van der Waals surface area contributed by atoms with E-state index < -0.39 is 0 Å². The van der Waals surface area contributed by atoms with Crippen LogP contribution < -0.4 is 14.4 Å². The summed E-state index contributed by atoms with van der Waals surface area (Å²) in [6.07, 6.45) is 0. The second-order valence-corrected chi connectivity index (χ2v) is 7.30. The van der Waals surface area contributed by atoms with Gasteiger partial charge in [-0.1, -0.05) is 25.1 Å². The van der Waals surface area contributed by atoms with E-state index in [1.54, 1.807) is 4.90 Å². The predicted octanol–water partition coefficient (Wildman–Crippen LogP) is 2.96. The van der Waals surface area contributed by atoms with Crippen LogP contribution in [0, 0.1) is 0 Å². The lowest BCUT2D eigenvalue weighted by Gasteiger charge is -2.24. The van der Waals surface area contributed by atoms with E-state index in [0.717, 1.165) is 34.9 Å². The number of nitrogens with zero attached hydrogens (tertiary/aromatic N) is 3. The number of rotatable bonds is 8. The molecule has 150 valence electrons. The van der Waals surface area contributed by atoms with Crippen LogP contribution in [0.5, 0.6) is 11.5 Å². The van der Waals surface area contributed by atoms with Crippen molar-refractivity contribution in [3.63, 3.8) is 0 Å². The van der Waals surface area contributed by atoms with Crippen LogP contribution >= 0.6 is 0 Å². The molecule has 0 saturated heterocycles. The highest BCUT2D eigenvalue weighted by Gasteiger charge is 2.17. The average molecular weight is 383 g/mol. The molecule has 1 amide bonds. The number of carbonyl (C=O) groups is 1. The highest BCUT2D eigenvalue weighted by molar-refractivity contribution is 5.78. The van der Waals surface area contributed by atoms with E-state index in [1.165, 1.54) is 0 Å². The molecule has 0 radical (unpaired) electrons. The molecule has 6 nitrogen and oxygen atoms in total. The minimum atomic E-state index is 0.110. The molecule has 1 aliphatic heterocycles. The maximum atomic E-state index is 12.7. The van der Waals surface area contributed by atoms with E-state index in [4.69, 9.17) is 9.47 Å². The summed E-state index contributed by atoms with van der Waals surface area (Å²) in [5, 5.41) is 0. The number of likely N-dealkylation sites (N-methyl/N-ethyl adjacent to an activating group) is 2. The third-order valence-corrected chi connectivity index (χ3v) is 4.95. The largest absolute Gasteiger partial charge is 0.454 e. The van der Waals surface area contributed by atoms with Crippen molar-refractivity contribution in [2.45, 2.75) is 20.0 Å². The Bertz CT molecular complexity index is 805. The Morgan fingerprint density at radius 1 is 0.929 bits per heavy atom. The van der Waals surface area contributed by atoms with Crippen molar-refractivity contribution in [3.8, 4) is 11.5 Å². The average Bonchev–Trinajstić information content (AvgIpc) is 3.15. The third kappa shape index (κ3) is 4.95. The van der Waals surface area contributed by atoms with Gasteiger partial charge in [-0.25, -0.2) is 0 Å². The molecule has 3 rings (SSSR count). The van der Waals surface area contributed by atoms with Crippen molar-refractivity contribution in [1.29, 1.82) is 0 Å². The Balaban J connectivity index is 1.55. The van der Waals surface area contributed by atoms with Crippen molar-refractivity contribution in [3.05, 3.63) is 53.6 Å². The third-order valence-electron chi connectivity index (χ3n) is 4.95. The molecule has 0 spiro atoms. The lowest BCUT2D eigenvalue weighted by atomic mass is 10.1. The predicted molar refractivity (Wildman–Crippen MR) is 111 cm³/mol. The number of hydrogen-bond acceptors (Lipinski definition) is 5. The number of amides is 1. The quantitative estimate of drug-likeness (QED) is 0.701. The van der Waals surface area contributed by atoms with E-state index in [-0.39, 0.29) is 12.7 Å². The van der Waals surface area contributed by atoms with Crippen LogP contribution in [-0.2, 0) is 17.9 Å². The minimum absolute atomic E-state index is 0.110. The summed E-state index contributed by atoms with van der Waals surface area (Å²) in [5.41, 5.74) is 3.39. The first kappa shape index (κ1) is 20.0. The second kappa shape index (κ2) is 8.97. The summed E-state index contributed by atoms with van der Waals surface area (Å²) in [4.78, 5) is 18.7. The van der Waals surface area contributed by atoms with Gasteiger partial charge in [0.2, 0.25) is 12.7 Å². The van der Waals surface area contributed by atoms with Crippen molar-refractivity contribution < 1.29 is 14.3 Å². The molecule has 0 atom stereocenters. The number of fused-ring (bicyclic) bond motifs is 1. The van der Waals surface area contributed by atoms with Gasteiger partial charge in [-0.15, -0.1) is 0 Å². The van der Waals surface area contributed by atoms with Gasteiger partial charge in [0.15, 0.2) is 11.5 Å². The summed E-state index contributed by atoms with van der Waals surface area (Å²) in [7, 11) is 5.89. The SMILES string of the molecule is CCN(CC(=O)N(C)Cc1ccc(N(C)C)cc1)Cc1ccc2c(c1)OCO2. The van der Waals surface area contributed by atoms with Crippen molar-refractivity contribution in [1.82, 2.24) is 9.80 Å². The molecule has 0 fully saturated rings. The van der Waals surface area contributed by atoms with Crippen molar-refractivity contribution in [2.75, 3.05) is 45.9 Å². The van der Waals surface area contributed by atoms with Crippen LogP contribution in [0.15, 0.2) is 42.5 Å². The number of ether oxygens (including phenoxy) is 2. The molecule has 0 unspecified atom stereocenters. The Morgan fingerprint density at radius 3 is 2.29 bits per heavy atom. The maximum Gasteiger partial charge on any atom is 0.236 e. The molecule has 1 aliphatic rings. The van der Waals surface area contributed by atoms with Crippen LogP contribution in [0.2, 0.25) is 0 Å². The first-order chi connectivity index (χ1) is 13.5. The molecule has 1 heterocycles. The topological polar surface area (TPSA) is 45.3 Å². The molecule has 0 bridgehead atoms. The van der Waals surface area contributed by atoms with E-state index in [2.05, 4.69) is 41.0 Å². The second-order valence-electron chi connectivity index (χ2n) is 7.30. The maximum absolute atomic E-state index is 12.7. The van der Waals surface area contributed by atoms with E-state index >= 15 is 0 Å². The summed E-state index contributed by atoms with van der Waals surface area (Å²) >= 11 is 0. The molecule has 28 heavy (non-hydrogen) atoms. The van der Waals surface area contributed by atoms with Gasteiger partial charge in [0.05, 0.1) is 6.54 Å². The fourth-order valence-electron chi connectivity index (χ4n) is 3.15. The van der Waals surface area contributed by atoms with Gasteiger partial charge in [0, 0.05) is 39.9 Å². The van der Waals surface area contributed by atoms with Crippen LogP contribution in [0.4, 0.5) is 5.69 Å². The Hall–Kier alpha value is -2.73. The van der Waals surface area contributed by atoms with E-state index in [0.29, 0.717) is 19.6 Å². The number of carbonyl (C=O) groups excluding carboxylic acids is 1. The molecule has 0 saturated carbocycles. The lowest BCUT2D eigenvalue weighted by molar-refractivity contribution is -0.131. The number of hydrogen-bond donors (Lipinski definition) is 0. The molecule has 0 aliphatic carbocycles. The zero-order valence-corrected chi connectivity index (χ0v) is 17.1. The van der Waals surface area contributed by atoms with Gasteiger partial charge in [0.1, 0.15) is 0 Å². The summed E-state index contributed by atoms with van der Waals surface area (Å²) in [5.74, 6) is 1.67. The minimum Gasteiger partial charge on any atom is -0.454 e. The fraction of sp³-hybridized carbons (Fsp3) is 0.409.